The van der Waals surface area contributed by atoms with Crippen LogP contribution >= 0.6 is 0 Å². The number of halogens is 5. The number of rotatable bonds is 5. The molecule has 5 rings (SSSR count). The summed E-state index contributed by atoms with van der Waals surface area (Å²) >= 11 is 0. The highest BCUT2D eigenvalue weighted by Gasteiger charge is 2.58. The molecule has 196 valence electrons. The third kappa shape index (κ3) is 4.11. The molecule has 37 heavy (non-hydrogen) atoms. The lowest BCUT2D eigenvalue weighted by Crippen LogP contribution is -2.56. The standard InChI is InChI=1S/C22H21F5N8O2/c1-2-33-20(37)35(14-3-4-15(28-11-14)22(25,26)27)18(36)21(33)5-7-32(8-6-21)19-29-9-13-10-30-34(12-16(23)24)17(13)31-19/h3-4,9-11,16H,2,5-8,12H2,1H3. The van der Waals surface area contributed by atoms with Gasteiger partial charge in [-0.15, -0.1) is 0 Å². The van der Waals surface area contributed by atoms with E-state index in [0.717, 1.165) is 27.9 Å². The third-order valence-electron chi connectivity index (χ3n) is 6.70. The fraction of sp³-hybridized carbons (Fsp3) is 0.455. The molecule has 3 aromatic rings. The minimum atomic E-state index is -4.65. The Hall–Kier alpha value is -3.91. The number of pyridine rings is 1. The second-order valence-electron chi connectivity index (χ2n) is 8.75. The first-order valence-corrected chi connectivity index (χ1v) is 11.5. The average Bonchev–Trinajstić information content (AvgIpc) is 3.34. The van der Waals surface area contributed by atoms with Gasteiger partial charge in [-0.2, -0.15) is 23.3 Å². The Morgan fingerprint density at radius 1 is 1.05 bits per heavy atom. The van der Waals surface area contributed by atoms with Crippen molar-refractivity contribution in [1.82, 2.24) is 29.6 Å². The van der Waals surface area contributed by atoms with Crippen LogP contribution in [0.1, 0.15) is 25.5 Å². The number of aromatic nitrogens is 5. The molecule has 2 aliphatic rings. The molecule has 0 aliphatic carbocycles. The molecular formula is C22H21F5N8O2. The van der Waals surface area contributed by atoms with Gasteiger partial charge in [0.25, 0.3) is 12.3 Å². The van der Waals surface area contributed by atoms with Gasteiger partial charge in [0.2, 0.25) is 5.95 Å². The van der Waals surface area contributed by atoms with Crippen molar-refractivity contribution in [1.29, 1.82) is 0 Å². The molecular weight excluding hydrogens is 503 g/mol. The molecule has 3 aromatic heterocycles. The van der Waals surface area contributed by atoms with Crippen LogP contribution in [-0.4, -0.2) is 73.2 Å². The second-order valence-corrected chi connectivity index (χ2v) is 8.75. The molecule has 1 spiro atoms. The van der Waals surface area contributed by atoms with Gasteiger partial charge in [0.1, 0.15) is 17.8 Å². The van der Waals surface area contributed by atoms with E-state index in [0.29, 0.717) is 5.39 Å². The highest BCUT2D eigenvalue weighted by atomic mass is 19.4. The van der Waals surface area contributed by atoms with Gasteiger partial charge in [-0.25, -0.2) is 33.1 Å². The summed E-state index contributed by atoms with van der Waals surface area (Å²) in [6.07, 6.45) is -3.07. The van der Waals surface area contributed by atoms with Crippen molar-refractivity contribution in [2.75, 3.05) is 29.4 Å². The van der Waals surface area contributed by atoms with Crippen LogP contribution in [0, 0.1) is 0 Å². The van der Waals surface area contributed by atoms with Crippen molar-refractivity contribution < 1.29 is 31.5 Å². The maximum Gasteiger partial charge on any atom is 0.433 e. The normalized spacial score (nSPS) is 18.2. The number of carbonyl (C=O) groups excluding carboxylic acids is 2. The van der Waals surface area contributed by atoms with Crippen LogP contribution in [0.5, 0.6) is 0 Å². The average molecular weight is 524 g/mol. The lowest BCUT2D eigenvalue weighted by molar-refractivity contribution is -0.141. The van der Waals surface area contributed by atoms with Crippen molar-refractivity contribution in [3.8, 4) is 0 Å². The van der Waals surface area contributed by atoms with Crippen LogP contribution in [0.25, 0.3) is 11.0 Å². The Kier molecular flexibility index (Phi) is 5.95. The van der Waals surface area contributed by atoms with Gasteiger partial charge >= 0.3 is 12.2 Å². The van der Waals surface area contributed by atoms with Crippen LogP contribution in [0.2, 0.25) is 0 Å². The highest BCUT2D eigenvalue weighted by Crippen LogP contribution is 2.40. The monoisotopic (exact) mass is 524 g/mol. The highest BCUT2D eigenvalue weighted by molar-refractivity contribution is 6.23. The van der Waals surface area contributed by atoms with Crippen LogP contribution in [0.3, 0.4) is 0 Å². The summed E-state index contributed by atoms with van der Waals surface area (Å²) in [5, 5.41) is 4.44. The summed E-state index contributed by atoms with van der Waals surface area (Å²) in [7, 11) is 0. The number of urea groups is 1. The number of imide groups is 1. The summed E-state index contributed by atoms with van der Waals surface area (Å²) in [6.45, 7) is 1.88. The quantitative estimate of drug-likeness (QED) is 0.373. The number of fused-ring (bicyclic) bond motifs is 1. The number of alkyl halides is 5. The summed E-state index contributed by atoms with van der Waals surface area (Å²) < 4.78 is 65.6. The first-order chi connectivity index (χ1) is 17.5. The number of likely N-dealkylation sites (N-methyl/N-ethyl adjacent to an activating group) is 1. The summed E-state index contributed by atoms with van der Waals surface area (Å²) in [4.78, 5) is 42.9. The second kappa shape index (κ2) is 8.88. The number of anilines is 2. The maximum absolute atomic E-state index is 13.6. The number of hydrogen-bond acceptors (Lipinski definition) is 7. The van der Waals surface area contributed by atoms with E-state index in [9.17, 15) is 31.5 Å². The molecule has 0 atom stereocenters. The zero-order chi connectivity index (χ0) is 26.5. The Morgan fingerprint density at radius 2 is 1.78 bits per heavy atom. The molecule has 2 saturated heterocycles. The molecule has 5 heterocycles. The van der Waals surface area contributed by atoms with E-state index < -0.39 is 42.3 Å². The Balaban J connectivity index is 1.38. The van der Waals surface area contributed by atoms with Crippen LogP contribution in [0.15, 0.2) is 30.7 Å². The third-order valence-corrected chi connectivity index (χ3v) is 6.70. The zero-order valence-electron chi connectivity index (χ0n) is 19.5. The number of nitrogens with zero attached hydrogens (tertiary/aromatic N) is 8. The van der Waals surface area contributed by atoms with Crippen molar-refractivity contribution in [3.63, 3.8) is 0 Å². The molecule has 0 N–H and O–H groups in total. The van der Waals surface area contributed by atoms with Crippen LogP contribution < -0.4 is 9.80 Å². The fourth-order valence-corrected chi connectivity index (χ4v) is 4.90. The van der Waals surface area contributed by atoms with Crippen molar-refractivity contribution in [3.05, 3.63) is 36.4 Å². The topological polar surface area (TPSA) is 100 Å². The summed E-state index contributed by atoms with van der Waals surface area (Å²) in [5.41, 5.74) is -2.10. The van der Waals surface area contributed by atoms with Gasteiger partial charge in [0.15, 0.2) is 5.65 Å². The SMILES string of the molecule is CCN1C(=O)N(c2ccc(C(F)(F)F)nc2)C(=O)C12CCN(c1ncc3cnn(CC(F)F)c3n1)CC2. The summed E-state index contributed by atoms with van der Waals surface area (Å²) in [6, 6.07) is 1.15. The Bertz CT molecular complexity index is 1340. The van der Waals surface area contributed by atoms with Gasteiger partial charge in [-0.1, -0.05) is 0 Å². The molecule has 0 saturated carbocycles. The molecule has 10 nitrogen and oxygen atoms in total. The zero-order valence-corrected chi connectivity index (χ0v) is 19.5. The van der Waals surface area contributed by atoms with Gasteiger partial charge < -0.3 is 9.80 Å². The van der Waals surface area contributed by atoms with Crippen molar-refractivity contribution >= 4 is 34.6 Å². The number of hydrogen-bond donors (Lipinski definition) is 0. The molecule has 2 fully saturated rings. The molecule has 0 bridgehead atoms. The molecule has 0 aromatic carbocycles. The Morgan fingerprint density at radius 3 is 2.38 bits per heavy atom. The minimum absolute atomic E-state index is 0.0400. The molecule has 0 radical (unpaired) electrons. The molecule has 3 amide bonds. The minimum Gasteiger partial charge on any atom is -0.341 e. The fourth-order valence-electron chi connectivity index (χ4n) is 4.90. The predicted octanol–water partition coefficient (Wildman–Crippen LogP) is 3.33. The summed E-state index contributed by atoms with van der Waals surface area (Å²) in [5.74, 6) is -0.256. The van der Waals surface area contributed by atoms with E-state index in [1.165, 1.54) is 17.3 Å². The van der Waals surface area contributed by atoms with E-state index in [1.54, 1.807) is 11.8 Å². The largest absolute Gasteiger partial charge is 0.433 e. The number of carbonyl (C=O) groups is 2. The lowest BCUT2D eigenvalue weighted by atomic mass is 9.86. The predicted molar refractivity (Wildman–Crippen MR) is 120 cm³/mol. The molecule has 2 aliphatic heterocycles. The van der Waals surface area contributed by atoms with Crippen molar-refractivity contribution in [2.45, 2.75) is 44.5 Å². The van der Waals surface area contributed by atoms with Crippen molar-refractivity contribution in [2.24, 2.45) is 0 Å². The van der Waals surface area contributed by atoms with Gasteiger partial charge in [-0.3, -0.25) is 4.79 Å². The van der Waals surface area contributed by atoms with E-state index in [4.69, 9.17) is 0 Å². The first-order valence-electron chi connectivity index (χ1n) is 11.5. The van der Waals surface area contributed by atoms with E-state index in [2.05, 4.69) is 20.1 Å². The van der Waals surface area contributed by atoms with Gasteiger partial charge in [-0.05, 0) is 31.9 Å². The lowest BCUT2D eigenvalue weighted by Gasteiger charge is -2.41. The number of piperidine rings is 1. The first kappa shape index (κ1) is 24.8. The van der Waals surface area contributed by atoms with Gasteiger partial charge in [0.05, 0.1) is 23.5 Å². The van der Waals surface area contributed by atoms with E-state index >= 15 is 0 Å². The maximum atomic E-state index is 13.6. The smallest absolute Gasteiger partial charge is 0.341 e. The number of amides is 3. The molecule has 15 heteroatoms. The Labute approximate surface area is 206 Å². The molecule has 0 unspecified atom stereocenters. The van der Waals surface area contributed by atoms with E-state index in [1.807, 2.05) is 0 Å². The van der Waals surface area contributed by atoms with E-state index in [-0.39, 0.29) is 49.8 Å². The van der Waals surface area contributed by atoms with Gasteiger partial charge in [0, 0.05) is 25.8 Å². The van der Waals surface area contributed by atoms with Crippen LogP contribution in [0.4, 0.5) is 38.4 Å². The van der Waals surface area contributed by atoms with Crippen LogP contribution in [-0.2, 0) is 17.5 Å².